The molecule has 0 atom stereocenters. The Labute approximate surface area is 123 Å². The average molecular weight is 288 g/mol. The molecule has 1 heterocycles. The number of hydrogen-bond donors (Lipinski definition) is 1. The maximum Gasteiger partial charge on any atom is 0.241 e. The van der Waals surface area contributed by atoms with Crippen molar-refractivity contribution in [2.75, 3.05) is 20.6 Å². The molecule has 0 bridgehead atoms. The molecule has 1 N–H and O–H groups in total. The van der Waals surface area contributed by atoms with Crippen LogP contribution in [-0.2, 0) is 16.1 Å². The van der Waals surface area contributed by atoms with Crippen LogP contribution < -0.4 is 5.32 Å². The Hall–Kier alpha value is -2.37. The van der Waals surface area contributed by atoms with E-state index < -0.39 is 0 Å². The van der Waals surface area contributed by atoms with Gasteiger partial charge in [0, 0.05) is 25.9 Å². The van der Waals surface area contributed by atoms with Crippen molar-refractivity contribution >= 4 is 22.7 Å². The monoisotopic (exact) mass is 288 g/mol. The molecule has 0 spiro atoms. The molecular formula is C15H20N4O2. The Kier molecular flexibility index (Phi) is 4.57. The number of nitrogens with one attached hydrogen (secondary N) is 1. The van der Waals surface area contributed by atoms with E-state index in [9.17, 15) is 9.59 Å². The van der Waals surface area contributed by atoms with Crippen molar-refractivity contribution in [3.8, 4) is 0 Å². The van der Waals surface area contributed by atoms with Gasteiger partial charge in [-0.05, 0) is 12.5 Å². The first-order valence-corrected chi connectivity index (χ1v) is 6.87. The van der Waals surface area contributed by atoms with E-state index in [4.69, 9.17) is 0 Å². The fraction of sp³-hybridized carbons (Fsp3) is 0.400. The molecule has 2 amide bonds. The Morgan fingerprint density at radius 1 is 1.33 bits per heavy atom. The maximum absolute atomic E-state index is 11.8. The number of nitrogens with zero attached hydrogens (tertiary/aromatic N) is 3. The Bertz CT molecular complexity index is 661. The van der Waals surface area contributed by atoms with E-state index in [2.05, 4.69) is 10.4 Å². The third-order valence-corrected chi connectivity index (χ3v) is 3.35. The molecule has 2 aromatic rings. The van der Waals surface area contributed by atoms with Crippen molar-refractivity contribution < 1.29 is 9.59 Å². The number of fused-ring (bicyclic) bond motifs is 1. The predicted molar refractivity (Wildman–Crippen MR) is 80.8 cm³/mol. The van der Waals surface area contributed by atoms with Crippen LogP contribution in [-0.4, -0.2) is 47.1 Å². The molecule has 0 aliphatic rings. The first kappa shape index (κ1) is 15.0. The number of carbonyl (C=O) groups excluding carboxylic acids is 2. The summed E-state index contributed by atoms with van der Waals surface area (Å²) in [5.41, 5.74) is 2.18. The third kappa shape index (κ3) is 3.59. The van der Waals surface area contributed by atoms with E-state index in [0.717, 1.165) is 16.5 Å². The highest BCUT2D eigenvalue weighted by Gasteiger charge is 2.09. The van der Waals surface area contributed by atoms with Gasteiger partial charge in [0.25, 0.3) is 0 Å². The van der Waals surface area contributed by atoms with E-state index in [1.54, 1.807) is 20.3 Å². The average Bonchev–Trinajstić information content (AvgIpc) is 2.87. The summed E-state index contributed by atoms with van der Waals surface area (Å²) in [5, 5.41) is 8.00. The van der Waals surface area contributed by atoms with Gasteiger partial charge in [-0.3, -0.25) is 14.3 Å². The molecule has 0 unspecified atom stereocenters. The van der Waals surface area contributed by atoms with E-state index in [1.165, 1.54) is 4.90 Å². The van der Waals surface area contributed by atoms with Crippen LogP contribution in [0.4, 0.5) is 0 Å². The van der Waals surface area contributed by atoms with Crippen LogP contribution in [0.2, 0.25) is 0 Å². The Morgan fingerprint density at radius 3 is 2.81 bits per heavy atom. The molecule has 0 fully saturated rings. The molecule has 112 valence electrons. The minimum atomic E-state index is -0.151. The molecule has 0 aliphatic heterocycles. The SMILES string of the molecule is Cc1cccc2cnn(CCC(=O)NCC(=O)N(C)C)c12. The van der Waals surface area contributed by atoms with Gasteiger partial charge in [0.2, 0.25) is 11.8 Å². The Balaban J connectivity index is 1.93. The van der Waals surface area contributed by atoms with Crippen molar-refractivity contribution in [2.45, 2.75) is 19.9 Å². The topological polar surface area (TPSA) is 67.2 Å². The van der Waals surface area contributed by atoms with Crippen molar-refractivity contribution in [1.29, 1.82) is 0 Å². The van der Waals surface area contributed by atoms with Crippen molar-refractivity contribution in [3.05, 3.63) is 30.0 Å². The largest absolute Gasteiger partial charge is 0.347 e. The van der Waals surface area contributed by atoms with Crippen LogP contribution in [0.15, 0.2) is 24.4 Å². The highest BCUT2D eigenvalue weighted by Crippen LogP contribution is 2.17. The molecule has 0 aliphatic carbocycles. The second kappa shape index (κ2) is 6.39. The highest BCUT2D eigenvalue weighted by atomic mass is 16.2. The molecule has 0 saturated carbocycles. The summed E-state index contributed by atoms with van der Waals surface area (Å²) in [6.45, 7) is 2.55. The zero-order chi connectivity index (χ0) is 15.4. The zero-order valence-corrected chi connectivity index (χ0v) is 12.6. The standard InChI is InChI=1S/C15H20N4O2/c1-11-5-4-6-12-9-17-19(15(11)12)8-7-13(20)16-10-14(21)18(2)3/h4-6,9H,7-8,10H2,1-3H3,(H,16,20). The minimum Gasteiger partial charge on any atom is -0.347 e. The summed E-state index contributed by atoms with van der Waals surface area (Å²) in [5.74, 6) is -0.272. The maximum atomic E-state index is 11.8. The Morgan fingerprint density at radius 2 is 2.10 bits per heavy atom. The summed E-state index contributed by atoms with van der Waals surface area (Å²) in [4.78, 5) is 24.6. The van der Waals surface area contributed by atoms with Gasteiger partial charge in [0.05, 0.1) is 24.8 Å². The van der Waals surface area contributed by atoms with Gasteiger partial charge in [-0.25, -0.2) is 0 Å². The first-order valence-electron chi connectivity index (χ1n) is 6.87. The smallest absolute Gasteiger partial charge is 0.241 e. The zero-order valence-electron chi connectivity index (χ0n) is 12.6. The lowest BCUT2D eigenvalue weighted by Crippen LogP contribution is -2.36. The van der Waals surface area contributed by atoms with Crippen LogP contribution >= 0.6 is 0 Å². The number of aromatic nitrogens is 2. The summed E-state index contributed by atoms with van der Waals surface area (Å²) in [7, 11) is 3.32. The molecule has 2 rings (SSSR count). The van der Waals surface area contributed by atoms with Crippen LogP contribution in [0.5, 0.6) is 0 Å². The lowest BCUT2D eigenvalue weighted by atomic mass is 10.2. The van der Waals surface area contributed by atoms with Gasteiger partial charge < -0.3 is 10.2 Å². The number of benzene rings is 1. The fourth-order valence-electron chi connectivity index (χ4n) is 2.13. The highest BCUT2D eigenvalue weighted by molar-refractivity contribution is 5.85. The molecular weight excluding hydrogens is 268 g/mol. The number of rotatable bonds is 5. The molecule has 21 heavy (non-hydrogen) atoms. The summed E-state index contributed by atoms with van der Waals surface area (Å²) >= 11 is 0. The minimum absolute atomic E-state index is 0.0325. The van der Waals surface area contributed by atoms with Gasteiger partial charge in [0.15, 0.2) is 0 Å². The van der Waals surface area contributed by atoms with E-state index in [0.29, 0.717) is 13.0 Å². The van der Waals surface area contributed by atoms with Gasteiger partial charge in [-0.15, -0.1) is 0 Å². The van der Waals surface area contributed by atoms with Gasteiger partial charge in [-0.1, -0.05) is 18.2 Å². The number of aryl methyl sites for hydroxylation is 2. The van der Waals surface area contributed by atoms with Gasteiger partial charge >= 0.3 is 0 Å². The van der Waals surface area contributed by atoms with Crippen LogP contribution in [0.3, 0.4) is 0 Å². The van der Waals surface area contributed by atoms with E-state index in [1.807, 2.05) is 29.8 Å². The fourth-order valence-corrected chi connectivity index (χ4v) is 2.13. The third-order valence-electron chi connectivity index (χ3n) is 3.35. The van der Waals surface area contributed by atoms with Crippen LogP contribution in [0.25, 0.3) is 10.9 Å². The van der Waals surface area contributed by atoms with Crippen molar-refractivity contribution in [2.24, 2.45) is 0 Å². The van der Waals surface area contributed by atoms with E-state index in [-0.39, 0.29) is 18.4 Å². The van der Waals surface area contributed by atoms with Gasteiger partial charge in [0.1, 0.15) is 0 Å². The number of carbonyl (C=O) groups is 2. The second-order valence-corrected chi connectivity index (χ2v) is 5.20. The lowest BCUT2D eigenvalue weighted by Gasteiger charge is -2.11. The summed E-state index contributed by atoms with van der Waals surface area (Å²) < 4.78 is 1.83. The quantitative estimate of drug-likeness (QED) is 0.890. The lowest BCUT2D eigenvalue weighted by molar-refractivity contribution is -0.130. The molecule has 1 aromatic heterocycles. The number of para-hydroxylation sites is 1. The van der Waals surface area contributed by atoms with Crippen LogP contribution in [0.1, 0.15) is 12.0 Å². The molecule has 6 nitrogen and oxygen atoms in total. The molecule has 0 radical (unpaired) electrons. The molecule has 0 saturated heterocycles. The normalized spacial score (nSPS) is 10.6. The molecule has 6 heteroatoms. The number of likely N-dealkylation sites (N-methyl/N-ethyl adjacent to an activating group) is 1. The van der Waals surface area contributed by atoms with Crippen molar-refractivity contribution in [3.63, 3.8) is 0 Å². The number of amides is 2. The molecule has 1 aromatic carbocycles. The number of hydrogen-bond acceptors (Lipinski definition) is 3. The van der Waals surface area contributed by atoms with Crippen LogP contribution in [0, 0.1) is 6.92 Å². The first-order chi connectivity index (χ1) is 9.99. The van der Waals surface area contributed by atoms with E-state index >= 15 is 0 Å². The predicted octanol–water partition coefficient (Wildman–Crippen LogP) is 0.939. The van der Waals surface area contributed by atoms with Gasteiger partial charge in [-0.2, -0.15) is 5.10 Å². The summed E-state index contributed by atoms with van der Waals surface area (Å²) in [6, 6.07) is 6.02. The van der Waals surface area contributed by atoms with Crippen molar-refractivity contribution in [1.82, 2.24) is 20.0 Å². The second-order valence-electron chi connectivity index (χ2n) is 5.20. The summed E-state index contributed by atoms with van der Waals surface area (Å²) in [6.07, 6.45) is 2.10.